The molecule has 21 heavy (non-hydrogen) atoms. The summed E-state index contributed by atoms with van der Waals surface area (Å²) in [6, 6.07) is 13.8. The molecule has 0 aromatic heterocycles. The molecular weight excluding hydrogens is 287 g/mol. The second kappa shape index (κ2) is 7.36. The highest BCUT2D eigenvalue weighted by molar-refractivity contribution is 7.84. The van der Waals surface area contributed by atoms with Gasteiger partial charge in [-0.05, 0) is 37.6 Å². The molecule has 2 aromatic rings. The van der Waals surface area contributed by atoms with Crippen molar-refractivity contribution in [2.75, 3.05) is 6.61 Å². The quantitative estimate of drug-likeness (QED) is 0.798. The fraction of sp³-hybridized carbons (Fsp3) is 0.294. The average molecular weight is 306 g/mol. The van der Waals surface area contributed by atoms with Crippen LogP contribution in [0.3, 0.4) is 0 Å². The fourth-order valence-electron chi connectivity index (χ4n) is 2.08. The molecule has 0 amide bonds. The van der Waals surface area contributed by atoms with E-state index < -0.39 is 10.8 Å². The maximum Gasteiger partial charge on any atom is 0.123 e. The normalized spacial score (nSPS) is 13.7. The second-order valence-electron chi connectivity index (χ2n) is 4.76. The second-order valence-corrected chi connectivity index (χ2v) is 6.52. The van der Waals surface area contributed by atoms with Crippen molar-refractivity contribution in [3.05, 3.63) is 65.5 Å². The van der Waals surface area contributed by atoms with E-state index in [9.17, 15) is 8.60 Å². The van der Waals surface area contributed by atoms with Crippen molar-refractivity contribution in [1.82, 2.24) is 0 Å². The van der Waals surface area contributed by atoms with Gasteiger partial charge in [0.1, 0.15) is 11.6 Å². The van der Waals surface area contributed by atoms with E-state index >= 15 is 0 Å². The highest BCUT2D eigenvalue weighted by Crippen LogP contribution is 2.26. The Bertz CT molecular complexity index is 610. The van der Waals surface area contributed by atoms with Crippen molar-refractivity contribution in [3.63, 3.8) is 0 Å². The minimum Gasteiger partial charge on any atom is -0.494 e. The van der Waals surface area contributed by atoms with Crippen LogP contribution in [0.1, 0.15) is 30.2 Å². The summed E-state index contributed by atoms with van der Waals surface area (Å²) in [5.41, 5.74) is 1.82. The van der Waals surface area contributed by atoms with Crippen LogP contribution in [0.25, 0.3) is 0 Å². The molecule has 0 N–H and O–H groups in total. The van der Waals surface area contributed by atoms with Gasteiger partial charge in [0.25, 0.3) is 0 Å². The first-order chi connectivity index (χ1) is 10.1. The first kappa shape index (κ1) is 15.7. The third-order valence-corrected chi connectivity index (χ3v) is 4.96. The Labute approximate surface area is 127 Å². The van der Waals surface area contributed by atoms with E-state index in [2.05, 4.69) is 0 Å². The predicted molar refractivity (Wildman–Crippen MR) is 84.3 cm³/mol. The lowest BCUT2D eigenvalue weighted by molar-refractivity contribution is 0.337. The van der Waals surface area contributed by atoms with Gasteiger partial charge in [-0.1, -0.05) is 30.3 Å². The SMILES string of the molecule is CCOc1ccccc1C[S@@](=O)[C@H](C)c1ccc(F)cc1. The predicted octanol–water partition coefficient (Wildman–Crippen LogP) is 4.23. The van der Waals surface area contributed by atoms with Crippen LogP contribution in [0.5, 0.6) is 5.75 Å². The molecule has 0 saturated heterocycles. The zero-order valence-electron chi connectivity index (χ0n) is 12.2. The Morgan fingerprint density at radius 2 is 1.81 bits per heavy atom. The summed E-state index contributed by atoms with van der Waals surface area (Å²) in [5, 5.41) is -0.153. The van der Waals surface area contributed by atoms with Gasteiger partial charge in [-0.15, -0.1) is 0 Å². The first-order valence-electron chi connectivity index (χ1n) is 6.95. The Morgan fingerprint density at radius 3 is 2.48 bits per heavy atom. The molecule has 2 rings (SSSR count). The van der Waals surface area contributed by atoms with Crippen LogP contribution < -0.4 is 4.74 Å². The van der Waals surface area contributed by atoms with Crippen LogP contribution in [0, 0.1) is 5.82 Å². The van der Waals surface area contributed by atoms with Crippen LogP contribution in [0.4, 0.5) is 4.39 Å². The highest BCUT2D eigenvalue weighted by Gasteiger charge is 2.16. The van der Waals surface area contributed by atoms with Crippen molar-refractivity contribution >= 4 is 10.8 Å². The molecule has 0 radical (unpaired) electrons. The average Bonchev–Trinajstić information content (AvgIpc) is 2.49. The number of benzene rings is 2. The first-order valence-corrected chi connectivity index (χ1v) is 8.33. The largest absolute Gasteiger partial charge is 0.494 e. The van der Waals surface area contributed by atoms with Crippen molar-refractivity contribution in [2.45, 2.75) is 24.9 Å². The lowest BCUT2D eigenvalue weighted by atomic mass is 10.2. The van der Waals surface area contributed by atoms with E-state index in [4.69, 9.17) is 4.74 Å². The summed E-state index contributed by atoms with van der Waals surface area (Å²) in [7, 11) is -1.09. The third kappa shape index (κ3) is 4.14. The van der Waals surface area contributed by atoms with Gasteiger partial charge in [0.2, 0.25) is 0 Å². The number of rotatable bonds is 6. The van der Waals surface area contributed by atoms with E-state index in [1.54, 1.807) is 12.1 Å². The van der Waals surface area contributed by atoms with Crippen LogP contribution in [0.15, 0.2) is 48.5 Å². The van der Waals surface area contributed by atoms with E-state index in [1.165, 1.54) is 12.1 Å². The molecule has 2 atom stereocenters. The molecule has 0 bridgehead atoms. The minimum absolute atomic E-state index is 0.153. The Balaban J connectivity index is 2.12. The molecular formula is C17H19FO2S. The van der Waals surface area contributed by atoms with Crippen molar-refractivity contribution < 1.29 is 13.3 Å². The summed E-state index contributed by atoms with van der Waals surface area (Å²) in [4.78, 5) is 0. The van der Waals surface area contributed by atoms with Crippen LogP contribution in [-0.4, -0.2) is 10.8 Å². The topological polar surface area (TPSA) is 26.3 Å². The lowest BCUT2D eigenvalue weighted by Gasteiger charge is -2.14. The minimum atomic E-state index is -1.09. The number of hydrogen-bond donors (Lipinski definition) is 0. The molecule has 112 valence electrons. The Hall–Kier alpha value is -1.68. The summed E-state index contributed by atoms with van der Waals surface area (Å²) >= 11 is 0. The Morgan fingerprint density at radius 1 is 1.14 bits per heavy atom. The maximum atomic E-state index is 12.9. The fourth-order valence-corrected chi connectivity index (χ4v) is 3.34. The van der Waals surface area contributed by atoms with E-state index in [0.717, 1.165) is 16.9 Å². The molecule has 2 nitrogen and oxygen atoms in total. The van der Waals surface area contributed by atoms with Crippen molar-refractivity contribution in [2.24, 2.45) is 0 Å². The van der Waals surface area contributed by atoms with Crippen molar-refractivity contribution in [3.8, 4) is 5.75 Å². The van der Waals surface area contributed by atoms with E-state index in [1.807, 2.05) is 38.1 Å². The molecule has 0 aliphatic heterocycles. The monoisotopic (exact) mass is 306 g/mol. The molecule has 0 unspecified atom stereocenters. The molecule has 2 aromatic carbocycles. The van der Waals surface area contributed by atoms with Gasteiger partial charge in [-0.25, -0.2) is 4.39 Å². The van der Waals surface area contributed by atoms with E-state index in [0.29, 0.717) is 12.4 Å². The summed E-state index contributed by atoms with van der Waals surface area (Å²) < 4.78 is 31.0. The number of halogens is 1. The third-order valence-electron chi connectivity index (χ3n) is 3.30. The van der Waals surface area contributed by atoms with Gasteiger partial charge in [0, 0.05) is 16.4 Å². The molecule has 0 heterocycles. The zero-order valence-corrected chi connectivity index (χ0v) is 13.0. The van der Waals surface area contributed by atoms with Gasteiger partial charge >= 0.3 is 0 Å². The number of ether oxygens (including phenoxy) is 1. The molecule has 4 heteroatoms. The summed E-state index contributed by atoms with van der Waals surface area (Å²) in [5.74, 6) is 0.924. The van der Waals surface area contributed by atoms with Gasteiger partial charge in [-0.3, -0.25) is 4.21 Å². The van der Waals surface area contributed by atoms with Crippen LogP contribution >= 0.6 is 0 Å². The van der Waals surface area contributed by atoms with Gasteiger partial charge in [0.15, 0.2) is 0 Å². The number of para-hydroxylation sites is 1. The summed E-state index contributed by atoms with van der Waals surface area (Å²) in [6.45, 7) is 4.40. The summed E-state index contributed by atoms with van der Waals surface area (Å²) in [6.07, 6.45) is 0. The molecule has 0 aliphatic carbocycles. The maximum absolute atomic E-state index is 12.9. The Kier molecular flexibility index (Phi) is 5.51. The number of hydrogen-bond acceptors (Lipinski definition) is 2. The van der Waals surface area contributed by atoms with Crippen molar-refractivity contribution in [1.29, 1.82) is 0 Å². The molecule has 0 aliphatic rings. The molecule has 0 fully saturated rings. The van der Waals surface area contributed by atoms with Gasteiger partial charge < -0.3 is 4.74 Å². The smallest absolute Gasteiger partial charge is 0.123 e. The highest BCUT2D eigenvalue weighted by atomic mass is 32.2. The zero-order chi connectivity index (χ0) is 15.2. The van der Waals surface area contributed by atoms with Crippen LogP contribution in [-0.2, 0) is 16.6 Å². The van der Waals surface area contributed by atoms with Gasteiger partial charge in [0.05, 0.1) is 17.6 Å². The lowest BCUT2D eigenvalue weighted by Crippen LogP contribution is -2.07. The molecule has 0 spiro atoms. The molecule has 0 saturated carbocycles. The van der Waals surface area contributed by atoms with Crippen LogP contribution in [0.2, 0.25) is 0 Å². The van der Waals surface area contributed by atoms with E-state index in [-0.39, 0.29) is 11.1 Å². The standard InChI is InChI=1S/C17H19FO2S/c1-3-20-17-7-5-4-6-15(17)12-21(19)13(2)14-8-10-16(18)11-9-14/h4-11,13H,3,12H2,1-2H3/t13-,21-/m1/s1. The van der Waals surface area contributed by atoms with Gasteiger partial charge in [-0.2, -0.15) is 0 Å².